The van der Waals surface area contributed by atoms with Crippen molar-refractivity contribution in [3.05, 3.63) is 29.6 Å². The Morgan fingerprint density at radius 2 is 1.89 bits per heavy atom. The molecular weight excluding hydrogens is 229 g/mol. The van der Waals surface area contributed by atoms with Gasteiger partial charge in [0.15, 0.2) is 5.82 Å². The number of nitrogens with two attached hydrogens (primary N) is 1. The quantitative estimate of drug-likeness (QED) is 0.833. The summed E-state index contributed by atoms with van der Waals surface area (Å²) in [6, 6.07) is 5.84. The van der Waals surface area contributed by atoms with E-state index in [0.717, 1.165) is 26.2 Å². The van der Waals surface area contributed by atoms with Crippen LogP contribution in [0.3, 0.4) is 0 Å². The van der Waals surface area contributed by atoms with E-state index < -0.39 is 0 Å². The number of anilines is 1. The van der Waals surface area contributed by atoms with Crippen molar-refractivity contribution in [1.29, 1.82) is 0 Å². The van der Waals surface area contributed by atoms with Gasteiger partial charge >= 0.3 is 0 Å². The van der Waals surface area contributed by atoms with Crippen LogP contribution in [0.2, 0.25) is 0 Å². The van der Waals surface area contributed by atoms with Gasteiger partial charge in [-0.15, -0.1) is 0 Å². The van der Waals surface area contributed by atoms with E-state index in [9.17, 15) is 4.39 Å². The van der Waals surface area contributed by atoms with Gasteiger partial charge < -0.3 is 5.73 Å². The molecule has 2 N–H and O–H groups in total. The van der Waals surface area contributed by atoms with Crippen LogP contribution in [0.15, 0.2) is 18.2 Å². The summed E-state index contributed by atoms with van der Waals surface area (Å²) in [5.74, 6) is -0.260. The van der Waals surface area contributed by atoms with Gasteiger partial charge in [0, 0.05) is 44.3 Å². The molecule has 1 fully saturated rings. The molecule has 18 heavy (non-hydrogen) atoms. The molecule has 0 amide bonds. The van der Waals surface area contributed by atoms with E-state index in [1.165, 1.54) is 0 Å². The maximum absolute atomic E-state index is 13.8. The maximum Gasteiger partial charge on any atom is 0.150 e. The normalized spacial score (nSPS) is 18.4. The number of rotatable bonds is 3. The van der Waals surface area contributed by atoms with Gasteiger partial charge in [-0.25, -0.2) is 4.39 Å². The highest BCUT2D eigenvalue weighted by Crippen LogP contribution is 2.17. The fourth-order valence-corrected chi connectivity index (χ4v) is 2.40. The molecule has 1 aromatic carbocycles. The van der Waals surface area contributed by atoms with Crippen LogP contribution in [0.4, 0.5) is 10.1 Å². The minimum atomic E-state index is -0.260. The van der Waals surface area contributed by atoms with Crippen LogP contribution < -0.4 is 5.73 Å². The van der Waals surface area contributed by atoms with E-state index in [2.05, 4.69) is 23.6 Å². The number of nitrogen functional groups attached to an aromatic ring is 1. The number of hydrogen-bond acceptors (Lipinski definition) is 3. The van der Waals surface area contributed by atoms with Crippen molar-refractivity contribution in [1.82, 2.24) is 9.80 Å². The number of halogens is 1. The molecule has 0 atom stereocenters. The second kappa shape index (κ2) is 5.67. The predicted molar refractivity (Wildman–Crippen MR) is 72.8 cm³/mol. The summed E-state index contributed by atoms with van der Waals surface area (Å²) in [5, 5.41) is 0. The minimum Gasteiger partial charge on any atom is -0.396 e. The zero-order valence-corrected chi connectivity index (χ0v) is 11.2. The lowest BCUT2D eigenvalue weighted by Gasteiger charge is -2.37. The molecule has 2 rings (SSSR count). The molecule has 3 nitrogen and oxygen atoms in total. The van der Waals surface area contributed by atoms with E-state index in [-0.39, 0.29) is 11.5 Å². The predicted octanol–water partition coefficient (Wildman–Crippen LogP) is 1.93. The van der Waals surface area contributed by atoms with Gasteiger partial charge in [0.05, 0.1) is 5.69 Å². The summed E-state index contributed by atoms with van der Waals surface area (Å²) < 4.78 is 13.8. The molecule has 1 saturated heterocycles. The lowest BCUT2D eigenvalue weighted by molar-refractivity contribution is 0.103. The summed E-state index contributed by atoms with van der Waals surface area (Å²) in [6.07, 6.45) is 0. The average Bonchev–Trinajstić information content (AvgIpc) is 2.36. The first-order valence-electron chi connectivity index (χ1n) is 6.57. The Hall–Kier alpha value is -1.13. The molecule has 1 aliphatic heterocycles. The number of piperazine rings is 1. The van der Waals surface area contributed by atoms with Crippen LogP contribution >= 0.6 is 0 Å². The molecule has 100 valence electrons. The molecule has 0 aromatic heterocycles. The van der Waals surface area contributed by atoms with Crippen molar-refractivity contribution in [3.8, 4) is 0 Å². The van der Waals surface area contributed by atoms with Gasteiger partial charge in [-0.2, -0.15) is 0 Å². The average molecular weight is 251 g/mol. The summed E-state index contributed by atoms with van der Waals surface area (Å²) in [5.41, 5.74) is 6.53. The second-order valence-electron chi connectivity index (χ2n) is 5.23. The van der Waals surface area contributed by atoms with Crippen molar-refractivity contribution in [2.45, 2.75) is 26.4 Å². The lowest BCUT2D eigenvalue weighted by Crippen LogP contribution is -2.48. The molecular formula is C14H22FN3. The Kier molecular flexibility index (Phi) is 4.19. The zero-order valence-electron chi connectivity index (χ0n) is 11.2. The highest BCUT2D eigenvalue weighted by Gasteiger charge is 2.19. The van der Waals surface area contributed by atoms with Crippen LogP contribution in [0.5, 0.6) is 0 Å². The molecule has 0 unspecified atom stereocenters. The van der Waals surface area contributed by atoms with Gasteiger partial charge in [0.1, 0.15) is 0 Å². The third-order valence-corrected chi connectivity index (χ3v) is 3.64. The molecule has 0 spiro atoms. The summed E-state index contributed by atoms with van der Waals surface area (Å²) in [6.45, 7) is 9.19. The topological polar surface area (TPSA) is 32.5 Å². The molecule has 1 aliphatic rings. The van der Waals surface area contributed by atoms with Gasteiger partial charge in [-0.3, -0.25) is 9.80 Å². The van der Waals surface area contributed by atoms with E-state index in [1.807, 2.05) is 12.1 Å². The minimum absolute atomic E-state index is 0.244. The Morgan fingerprint density at radius 1 is 1.22 bits per heavy atom. The number of hydrogen-bond donors (Lipinski definition) is 1. The first-order chi connectivity index (χ1) is 8.58. The largest absolute Gasteiger partial charge is 0.396 e. The number of benzene rings is 1. The highest BCUT2D eigenvalue weighted by atomic mass is 19.1. The summed E-state index contributed by atoms with van der Waals surface area (Å²) >= 11 is 0. The molecule has 0 saturated carbocycles. The molecule has 0 aliphatic carbocycles. The van der Waals surface area contributed by atoms with E-state index in [4.69, 9.17) is 5.73 Å². The Bertz CT molecular complexity index is 398. The molecule has 0 bridgehead atoms. The standard InChI is InChI=1S/C14H22FN3/c1-11(2)18-8-6-17(7-9-18)10-12-4-3-5-13(16)14(12)15/h3-5,11H,6-10,16H2,1-2H3. The van der Waals surface area contributed by atoms with Crippen LogP contribution in [0.1, 0.15) is 19.4 Å². The molecule has 1 aromatic rings. The second-order valence-corrected chi connectivity index (χ2v) is 5.23. The monoisotopic (exact) mass is 251 g/mol. The molecule has 0 radical (unpaired) electrons. The number of nitrogens with zero attached hydrogens (tertiary/aromatic N) is 2. The lowest BCUT2D eigenvalue weighted by atomic mass is 10.1. The smallest absolute Gasteiger partial charge is 0.150 e. The Labute approximate surface area is 108 Å². The maximum atomic E-state index is 13.8. The Morgan fingerprint density at radius 3 is 2.50 bits per heavy atom. The van der Waals surface area contributed by atoms with Crippen molar-refractivity contribution < 1.29 is 4.39 Å². The van der Waals surface area contributed by atoms with Crippen LogP contribution in [-0.4, -0.2) is 42.0 Å². The van der Waals surface area contributed by atoms with Gasteiger partial charge in [-0.05, 0) is 19.9 Å². The van der Waals surface area contributed by atoms with Crippen molar-refractivity contribution in [3.63, 3.8) is 0 Å². The van der Waals surface area contributed by atoms with Gasteiger partial charge in [-0.1, -0.05) is 12.1 Å². The fraction of sp³-hybridized carbons (Fsp3) is 0.571. The van der Waals surface area contributed by atoms with Crippen LogP contribution in [-0.2, 0) is 6.54 Å². The van der Waals surface area contributed by atoms with Gasteiger partial charge in [0.2, 0.25) is 0 Å². The summed E-state index contributed by atoms with van der Waals surface area (Å²) in [4.78, 5) is 4.74. The van der Waals surface area contributed by atoms with Crippen molar-refractivity contribution in [2.75, 3.05) is 31.9 Å². The highest BCUT2D eigenvalue weighted by molar-refractivity contribution is 5.42. The van der Waals surface area contributed by atoms with E-state index in [0.29, 0.717) is 18.2 Å². The molecule has 1 heterocycles. The SMILES string of the molecule is CC(C)N1CCN(Cc2cccc(N)c2F)CC1. The first-order valence-corrected chi connectivity index (χ1v) is 6.57. The van der Waals surface area contributed by atoms with E-state index >= 15 is 0 Å². The zero-order chi connectivity index (χ0) is 13.1. The summed E-state index contributed by atoms with van der Waals surface area (Å²) in [7, 11) is 0. The van der Waals surface area contributed by atoms with Crippen molar-refractivity contribution in [2.24, 2.45) is 0 Å². The third-order valence-electron chi connectivity index (χ3n) is 3.64. The molecule has 4 heteroatoms. The van der Waals surface area contributed by atoms with E-state index in [1.54, 1.807) is 6.07 Å². The van der Waals surface area contributed by atoms with Crippen molar-refractivity contribution >= 4 is 5.69 Å². The third kappa shape index (κ3) is 3.00. The van der Waals surface area contributed by atoms with Crippen LogP contribution in [0, 0.1) is 5.82 Å². The Balaban J connectivity index is 1.94. The van der Waals surface area contributed by atoms with Crippen LogP contribution in [0.25, 0.3) is 0 Å². The first kappa shape index (κ1) is 13.3. The fourth-order valence-electron chi connectivity index (χ4n) is 2.40. The van der Waals surface area contributed by atoms with Gasteiger partial charge in [0.25, 0.3) is 0 Å².